The second-order valence-corrected chi connectivity index (χ2v) is 9.56. The third kappa shape index (κ3) is 11.7. The predicted molar refractivity (Wildman–Crippen MR) is 146 cm³/mol. The Morgan fingerprint density at radius 3 is 1.66 bits per heavy atom. The molecule has 0 heterocycles. The smallest absolute Gasteiger partial charge is 0.339 e. The Balaban J connectivity index is 3.54. The van der Waals surface area contributed by atoms with E-state index in [9.17, 15) is 24.3 Å². The molecule has 8 heteroatoms. The van der Waals surface area contributed by atoms with Gasteiger partial charge in [0, 0.05) is 19.3 Å². The van der Waals surface area contributed by atoms with E-state index in [1.807, 2.05) is 27.7 Å². The number of carbonyl (C=O) groups is 4. The van der Waals surface area contributed by atoms with E-state index in [-0.39, 0.29) is 37.0 Å². The third-order valence-corrected chi connectivity index (χ3v) is 6.10. The van der Waals surface area contributed by atoms with Crippen molar-refractivity contribution < 1.29 is 38.5 Å². The standard InChI is InChI=1S/C30H46O8/c1-5-9-13-17-23(31)27-22(30(35)36-20-16-12-8-4)21-24(32)28(37-25(33)18-14-10-6-2)29(27)38-26(34)19-15-11-7-3/h21,32H,5-20H2,1-4H3. The number of ether oxygens (including phenoxy) is 3. The quantitative estimate of drug-likeness (QED) is 0.0792. The molecule has 1 aromatic carbocycles. The molecule has 0 fully saturated rings. The lowest BCUT2D eigenvalue weighted by molar-refractivity contribution is -0.137. The van der Waals surface area contributed by atoms with Crippen LogP contribution < -0.4 is 9.47 Å². The highest BCUT2D eigenvalue weighted by Crippen LogP contribution is 2.43. The van der Waals surface area contributed by atoms with Crippen LogP contribution in [0.5, 0.6) is 17.2 Å². The van der Waals surface area contributed by atoms with Crippen LogP contribution in [0.3, 0.4) is 0 Å². The van der Waals surface area contributed by atoms with Crippen LogP contribution >= 0.6 is 0 Å². The summed E-state index contributed by atoms with van der Waals surface area (Å²) in [4.78, 5) is 51.7. The number of Topliss-reactive ketones (excluding diaryl/α,β-unsaturated/α-hetero) is 1. The van der Waals surface area contributed by atoms with Crippen LogP contribution in [0.15, 0.2) is 6.07 Å². The van der Waals surface area contributed by atoms with E-state index in [2.05, 4.69) is 0 Å². The minimum absolute atomic E-state index is 0.0770. The van der Waals surface area contributed by atoms with Crippen molar-refractivity contribution in [2.45, 2.75) is 124 Å². The number of phenols is 1. The van der Waals surface area contributed by atoms with Crippen molar-refractivity contribution in [1.82, 2.24) is 0 Å². The van der Waals surface area contributed by atoms with E-state index in [4.69, 9.17) is 14.2 Å². The maximum absolute atomic E-state index is 13.4. The van der Waals surface area contributed by atoms with Crippen LogP contribution in [-0.4, -0.2) is 35.4 Å². The van der Waals surface area contributed by atoms with E-state index in [1.165, 1.54) is 0 Å². The molecule has 38 heavy (non-hydrogen) atoms. The van der Waals surface area contributed by atoms with Crippen LogP contribution in [-0.2, 0) is 14.3 Å². The molecule has 1 rings (SSSR count). The van der Waals surface area contributed by atoms with Crippen molar-refractivity contribution in [1.29, 1.82) is 0 Å². The van der Waals surface area contributed by atoms with Gasteiger partial charge in [-0.2, -0.15) is 0 Å². The van der Waals surface area contributed by atoms with E-state index in [1.54, 1.807) is 0 Å². The Morgan fingerprint density at radius 1 is 0.658 bits per heavy atom. The molecule has 8 nitrogen and oxygen atoms in total. The summed E-state index contributed by atoms with van der Waals surface area (Å²) >= 11 is 0. The van der Waals surface area contributed by atoms with Gasteiger partial charge in [-0.3, -0.25) is 14.4 Å². The molecule has 0 atom stereocenters. The first-order chi connectivity index (χ1) is 18.3. The number of rotatable bonds is 20. The normalized spacial score (nSPS) is 10.7. The molecule has 0 unspecified atom stereocenters. The fourth-order valence-electron chi connectivity index (χ4n) is 3.88. The molecule has 0 aliphatic heterocycles. The molecule has 1 aromatic rings. The van der Waals surface area contributed by atoms with Gasteiger partial charge in [-0.15, -0.1) is 0 Å². The Kier molecular flexibility index (Phi) is 16.7. The number of carbonyl (C=O) groups excluding carboxylic acids is 4. The minimum atomic E-state index is -0.806. The Bertz CT molecular complexity index is 906. The second kappa shape index (κ2) is 19.2. The molecule has 0 amide bonds. The van der Waals surface area contributed by atoms with Crippen molar-refractivity contribution in [3.63, 3.8) is 0 Å². The number of unbranched alkanes of at least 4 members (excludes halogenated alkanes) is 8. The summed E-state index contributed by atoms with van der Waals surface area (Å²) in [6, 6.07) is 1.07. The SMILES string of the molecule is CCCCCOC(=O)c1cc(O)c(OC(=O)CCCCC)c(OC(=O)CCCCC)c1C(=O)CCCCC. The maximum Gasteiger partial charge on any atom is 0.339 e. The van der Waals surface area contributed by atoms with Crippen LogP contribution in [0.1, 0.15) is 145 Å². The van der Waals surface area contributed by atoms with E-state index in [0.717, 1.165) is 57.4 Å². The summed E-state index contributed by atoms with van der Waals surface area (Å²) in [5.74, 6) is -3.91. The second-order valence-electron chi connectivity index (χ2n) is 9.56. The zero-order chi connectivity index (χ0) is 28.3. The Hall–Kier alpha value is -2.90. The van der Waals surface area contributed by atoms with E-state index in [0.29, 0.717) is 25.7 Å². The van der Waals surface area contributed by atoms with Gasteiger partial charge in [-0.1, -0.05) is 79.1 Å². The number of hydrogen-bond acceptors (Lipinski definition) is 8. The molecule has 0 saturated carbocycles. The fourth-order valence-corrected chi connectivity index (χ4v) is 3.88. The fraction of sp³-hybridized carbons (Fsp3) is 0.667. The molecular weight excluding hydrogens is 488 g/mol. The molecule has 0 aliphatic rings. The number of hydrogen-bond donors (Lipinski definition) is 1. The lowest BCUT2D eigenvalue weighted by Crippen LogP contribution is -2.19. The highest BCUT2D eigenvalue weighted by Gasteiger charge is 2.31. The van der Waals surface area contributed by atoms with Crippen LogP contribution in [0.2, 0.25) is 0 Å². The van der Waals surface area contributed by atoms with Crippen molar-refractivity contribution >= 4 is 23.7 Å². The summed E-state index contributed by atoms with van der Waals surface area (Å²) in [7, 11) is 0. The van der Waals surface area contributed by atoms with Crippen molar-refractivity contribution in [3.05, 3.63) is 17.2 Å². The lowest BCUT2D eigenvalue weighted by Gasteiger charge is -2.18. The summed E-state index contributed by atoms with van der Waals surface area (Å²) in [5.41, 5.74) is -0.401. The molecule has 0 aliphatic carbocycles. The molecule has 0 saturated heterocycles. The van der Waals surface area contributed by atoms with Crippen LogP contribution in [0, 0.1) is 0 Å². The Labute approximate surface area is 227 Å². The first-order valence-corrected chi connectivity index (χ1v) is 14.3. The highest BCUT2D eigenvalue weighted by atomic mass is 16.6. The summed E-state index contributed by atoms with van der Waals surface area (Å²) in [6.45, 7) is 8.18. The highest BCUT2D eigenvalue weighted by molar-refractivity contribution is 6.10. The van der Waals surface area contributed by atoms with Gasteiger partial charge in [0.25, 0.3) is 0 Å². The average molecular weight is 535 g/mol. The van der Waals surface area contributed by atoms with Crippen molar-refractivity contribution in [2.24, 2.45) is 0 Å². The van der Waals surface area contributed by atoms with Gasteiger partial charge in [-0.25, -0.2) is 4.79 Å². The lowest BCUT2D eigenvalue weighted by atomic mass is 9.97. The Morgan fingerprint density at radius 2 is 1.13 bits per heavy atom. The molecular formula is C30H46O8. The van der Waals surface area contributed by atoms with E-state index >= 15 is 0 Å². The number of benzene rings is 1. The van der Waals surface area contributed by atoms with Crippen LogP contribution in [0.25, 0.3) is 0 Å². The zero-order valence-electron chi connectivity index (χ0n) is 23.7. The van der Waals surface area contributed by atoms with Crippen LogP contribution in [0.4, 0.5) is 0 Å². The van der Waals surface area contributed by atoms with Gasteiger partial charge >= 0.3 is 17.9 Å². The number of aromatic hydroxyl groups is 1. The summed E-state index contributed by atoms with van der Waals surface area (Å²) < 4.78 is 16.4. The topological polar surface area (TPSA) is 116 Å². The summed E-state index contributed by atoms with van der Waals surface area (Å²) in [6.07, 6.45) is 9.59. The van der Waals surface area contributed by atoms with Gasteiger partial charge < -0.3 is 19.3 Å². The molecule has 214 valence electrons. The van der Waals surface area contributed by atoms with Gasteiger partial charge in [0.15, 0.2) is 17.3 Å². The van der Waals surface area contributed by atoms with Gasteiger partial charge in [0.05, 0.1) is 17.7 Å². The molecule has 0 bridgehead atoms. The predicted octanol–water partition coefficient (Wildman–Crippen LogP) is 7.47. The van der Waals surface area contributed by atoms with Gasteiger partial charge in [0.1, 0.15) is 0 Å². The minimum Gasteiger partial charge on any atom is -0.504 e. The molecule has 0 aromatic heterocycles. The first kappa shape index (κ1) is 33.1. The molecule has 1 N–H and O–H groups in total. The zero-order valence-corrected chi connectivity index (χ0v) is 23.7. The van der Waals surface area contributed by atoms with Gasteiger partial charge in [-0.05, 0) is 31.7 Å². The van der Waals surface area contributed by atoms with Gasteiger partial charge in [0.2, 0.25) is 5.75 Å². The average Bonchev–Trinajstić information content (AvgIpc) is 2.88. The number of esters is 3. The number of phenolic OH excluding ortho intramolecular Hbond substituents is 1. The summed E-state index contributed by atoms with van der Waals surface area (Å²) in [5, 5.41) is 10.8. The monoisotopic (exact) mass is 534 g/mol. The third-order valence-electron chi connectivity index (χ3n) is 6.10. The maximum atomic E-state index is 13.4. The number of ketones is 1. The largest absolute Gasteiger partial charge is 0.504 e. The van der Waals surface area contributed by atoms with Crippen molar-refractivity contribution in [2.75, 3.05) is 6.61 Å². The van der Waals surface area contributed by atoms with Crippen molar-refractivity contribution in [3.8, 4) is 17.2 Å². The molecule has 0 radical (unpaired) electrons. The first-order valence-electron chi connectivity index (χ1n) is 14.3. The van der Waals surface area contributed by atoms with E-state index < -0.39 is 40.9 Å². The molecule has 0 spiro atoms.